The lowest BCUT2D eigenvalue weighted by Gasteiger charge is -2.26. The molecule has 2 amide bonds. The number of carbonyl (C=O) groups excluding carboxylic acids is 1. The maximum absolute atomic E-state index is 12.8. The fraction of sp³-hybridized carbons (Fsp3) is 0.321. The quantitative estimate of drug-likeness (QED) is 0.478. The van der Waals surface area contributed by atoms with E-state index < -0.39 is 0 Å². The number of ether oxygens (including phenoxy) is 2. The van der Waals surface area contributed by atoms with E-state index in [0.717, 1.165) is 56.1 Å². The molecule has 1 aliphatic rings. The van der Waals surface area contributed by atoms with Crippen LogP contribution in [0.2, 0.25) is 0 Å². The summed E-state index contributed by atoms with van der Waals surface area (Å²) in [4.78, 5) is 15.1. The van der Waals surface area contributed by atoms with Crippen molar-refractivity contribution >= 4 is 6.03 Å². The molecule has 1 atom stereocenters. The first-order chi connectivity index (χ1) is 16.8. The van der Waals surface area contributed by atoms with Gasteiger partial charge in [-0.25, -0.2) is 4.79 Å². The van der Waals surface area contributed by atoms with Crippen molar-refractivity contribution in [1.82, 2.24) is 15.5 Å². The van der Waals surface area contributed by atoms with Crippen molar-refractivity contribution in [2.24, 2.45) is 0 Å². The molecule has 0 aliphatic carbocycles. The van der Waals surface area contributed by atoms with Crippen LogP contribution in [0.4, 0.5) is 4.79 Å². The second kappa shape index (κ2) is 12.8. The average Bonchev–Trinajstić information content (AvgIpc) is 2.89. The van der Waals surface area contributed by atoms with Crippen molar-refractivity contribution in [2.45, 2.75) is 19.0 Å². The van der Waals surface area contributed by atoms with E-state index in [1.807, 2.05) is 72.8 Å². The number of carbonyl (C=O) groups is 1. The summed E-state index contributed by atoms with van der Waals surface area (Å²) in [6.45, 7) is 5.44. The zero-order valence-electron chi connectivity index (χ0n) is 19.5. The number of hydrogen-bond donors (Lipinski definition) is 2. The molecule has 34 heavy (non-hydrogen) atoms. The molecule has 1 fully saturated rings. The van der Waals surface area contributed by atoms with E-state index in [1.54, 1.807) is 0 Å². The number of amides is 2. The molecule has 6 heteroatoms. The average molecular weight is 460 g/mol. The minimum Gasteiger partial charge on any atom is -0.492 e. The second-order valence-corrected chi connectivity index (χ2v) is 8.43. The van der Waals surface area contributed by atoms with E-state index in [9.17, 15) is 4.79 Å². The first-order valence-corrected chi connectivity index (χ1v) is 11.9. The minimum absolute atomic E-state index is 0.113. The van der Waals surface area contributed by atoms with Crippen LogP contribution < -0.4 is 15.4 Å². The number of benzene rings is 3. The Bertz CT molecular complexity index is 1010. The molecule has 1 aliphatic heterocycles. The van der Waals surface area contributed by atoms with Gasteiger partial charge in [-0.2, -0.15) is 0 Å². The van der Waals surface area contributed by atoms with Crippen molar-refractivity contribution < 1.29 is 14.3 Å². The van der Waals surface area contributed by atoms with Gasteiger partial charge in [0.25, 0.3) is 0 Å². The van der Waals surface area contributed by atoms with Crippen molar-refractivity contribution in [3.8, 4) is 5.75 Å². The molecular weight excluding hydrogens is 426 g/mol. The molecule has 1 heterocycles. The molecule has 0 aromatic heterocycles. The van der Waals surface area contributed by atoms with Gasteiger partial charge in [0.1, 0.15) is 12.4 Å². The summed E-state index contributed by atoms with van der Waals surface area (Å²) in [5.74, 6) is 0.819. The van der Waals surface area contributed by atoms with Gasteiger partial charge in [-0.15, -0.1) is 0 Å². The predicted molar refractivity (Wildman–Crippen MR) is 134 cm³/mol. The van der Waals surface area contributed by atoms with Crippen LogP contribution in [-0.4, -0.2) is 50.4 Å². The van der Waals surface area contributed by atoms with Crippen molar-refractivity contribution in [2.75, 3.05) is 39.5 Å². The van der Waals surface area contributed by atoms with Crippen LogP contribution in [0.3, 0.4) is 0 Å². The number of hydrogen-bond acceptors (Lipinski definition) is 4. The van der Waals surface area contributed by atoms with Crippen LogP contribution in [0, 0.1) is 0 Å². The molecule has 0 saturated carbocycles. The van der Waals surface area contributed by atoms with Gasteiger partial charge in [-0.1, -0.05) is 72.8 Å². The number of urea groups is 1. The lowest BCUT2D eigenvalue weighted by molar-refractivity contribution is 0.0322. The first kappa shape index (κ1) is 23.8. The predicted octanol–water partition coefficient (Wildman–Crippen LogP) is 4.18. The Kier molecular flexibility index (Phi) is 8.94. The van der Waals surface area contributed by atoms with Gasteiger partial charge in [-0.3, -0.25) is 4.90 Å². The fourth-order valence-corrected chi connectivity index (χ4v) is 4.04. The Morgan fingerprint density at radius 3 is 2.38 bits per heavy atom. The summed E-state index contributed by atoms with van der Waals surface area (Å²) in [5.41, 5.74) is 3.26. The van der Waals surface area contributed by atoms with E-state index in [-0.39, 0.29) is 12.1 Å². The van der Waals surface area contributed by atoms with E-state index >= 15 is 0 Å². The molecule has 0 radical (unpaired) electrons. The summed E-state index contributed by atoms with van der Waals surface area (Å²) >= 11 is 0. The topological polar surface area (TPSA) is 62.8 Å². The Hall–Kier alpha value is -3.35. The minimum atomic E-state index is -0.191. The normalized spacial score (nSPS) is 14.8. The van der Waals surface area contributed by atoms with E-state index in [2.05, 4.69) is 27.7 Å². The Labute approximate surface area is 201 Å². The van der Waals surface area contributed by atoms with Gasteiger partial charge in [0.2, 0.25) is 0 Å². The second-order valence-electron chi connectivity index (χ2n) is 8.43. The van der Waals surface area contributed by atoms with Crippen LogP contribution in [0.15, 0.2) is 84.9 Å². The van der Waals surface area contributed by atoms with Crippen LogP contribution in [0.25, 0.3) is 0 Å². The maximum Gasteiger partial charge on any atom is 0.315 e. The van der Waals surface area contributed by atoms with Gasteiger partial charge in [-0.05, 0) is 35.2 Å². The van der Waals surface area contributed by atoms with Crippen molar-refractivity contribution in [3.05, 3.63) is 102 Å². The molecule has 3 aromatic carbocycles. The number of nitrogens with zero attached hydrogens (tertiary/aromatic N) is 1. The monoisotopic (exact) mass is 459 g/mol. The molecule has 1 saturated heterocycles. The lowest BCUT2D eigenvalue weighted by atomic mass is 9.99. The van der Waals surface area contributed by atoms with Gasteiger partial charge in [0, 0.05) is 26.2 Å². The third-order valence-corrected chi connectivity index (χ3v) is 5.92. The van der Waals surface area contributed by atoms with Gasteiger partial charge >= 0.3 is 6.03 Å². The summed E-state index contributed by atoms with van der Waals surface area (Å²) in [5, 5.41) is 6.13. The van der Waals surface area contributed by atoms with E-state index in [0.29, 0.717) is 13.2 Å². The van der Waals surface area contributed by atoms with Crippen LogP contribution >= 0.6 is 0 Å². The molecule has 2 N–H and O–H groups in total. The Morgan fingerprint density at radius 2 is 1.62 bits per heavy atom. The number of morpholine rings is 1. The fourth-order valence-electron chi connectivity index (χ4n) is 4.04. The molecule has 4 rings (SSSR count). The SMILES string of the molecule is O=C(NCc1cccc(OCCN2CCOCC2)c1)NC(Cc1ccccc1)c1ccccc1. The highest BCUT2D eigenvalue weighted by molar-refractivity contribution is 5.74. The van der Waals surface area contributed by atoms with Crippen molar-refractivity contribution in [1.29, 1.82) is 0 Å². The maximum atomic E-state index is 12.8. The first-order valence-electron chi connectivity index (χ1n) is 11.9. The molecule has 0 spiro atoms. The van der Waals surface area contributed by atoms with Crippen LogP contribution in [0.1, 0.15) is 22.7 Å². The standard InChI is InChI=1S/C28H33N3O3/c32-28(30-27(25-11-5-2-6-12-25)21-23-8-3-1-4-9-23)29-22-24-10-7-13-26(20-24)34-19-16-31-14-17-33-18-15-31/h1-13,20,27H,14-19,21-22H2,(H2,29,30,32). The Balaban J connectivity index is 1.28. The van der Waals surface area contributed by atoms with Gasteiger partial charge < -0.3 is 20.1 Å². The van der Waals surface area contributed by atoms with Crippen molar-refractivity contribution in [3.63, 3.8) is 0 Å². The smallest absolute Gasteiger partial charge is 0.315 e. The lowest BCUT2D eigenvalue weighted by Crippen LogP contribution is -2.38. The summed E-state index contributed by atoms with van der Waals surface area (Å²) in [6, 6.07) is 27.9. The highest BCUT2D eigenvalue weighted by Crippen LogP contribution is 2.18. The third-order valence-electron chi connectivity index (χ3n) is 5.92. The number of rotatable bonds is 10. The highest BCUT2D eigenvalue weighted by Gasteiger charge is 2.15. The summed E-state index contributed by atoms with van der Waals surface area (Å²) in [7, 11) is 0. The van der Waals surface area contributed by atoms with E-state index in [4.69, 9.17) is 9.47 Å². The summed E-state index contributed by atoms with van der Waals surface area (Å²) < 4.78 is 11.3. The van der Waals surface area contributed by atoms with E-state index in [1.165, 1.54) is 5.56 Å². The number of nitrogens with one attached hydrogen (secondary N) is 2. The largest absolute Gasteiger partial charge is 0.492 e. The molecule has 6 nitrogen and oxygen atoms in total. The zero-order valence-corrected chi connectivity index (χ0v) is 19.5. The molecule has 3 aromatic rings. The van der Waals surface area contributed by atoms with Crippen LogP contribution in [-0.2, 0) is 17.7 Å². The molecular formula is C28H33N3O3. The zero-order chi connectivity index (χ0) is 23.4. The highest BCUT2D eigenvalue weighted by atomic mass is 16.5. The third kappa shape index (κ3) is 7.61. The van der Waals surface area contributed by atoms with Gasteiger partial charge in [0.05, 0.1) is 19.3 Å². The van der Waals surface area contributed by atoms with Gasteiger partial charge in [0.15, 0.2) is 0 Å². The Morgan fingerprint density at radius 1 is 0.912 bits per heavy atom. The molecule has 1 unspecified atom stereocenters. The molecule has 0 bridgehead atoms. The molecule has 178 valence electrons. The summed E-state index contributed by atoms with van der Waals surface area (Å²) in [6.07, 6.45) is 0.727. The van der Waals surface area contributed by atoms with Crippen LogP contribution in [0.5, 0.6) is 5.75 Å².